The number of carbonyl (C=O) groups is 1. The Bertz CT molecular complexity index is 567. The van der Waals surface area contributed by atoms with Gasteiger partial charge in [-0.1, -0.05) is 17.7 Å². The number of thiophene rings is 1. The molecule has 4 heteroatoms. The van der Waals surface area contributed by atoms with Crippen LogP contribution < -0.4 is 0 Å². The first-order valence-corrected chi connectivity index (χ1v) is 7.19. The minimum atomic E-state index is -1.27. The lowest BCUT2D eigenvalue weighted by Crippen LogP contribution is -1.98. The molecule has 0 radical (unpaired) electrons. The molecule has 0 aliphatic carbocycles. The largest absolute Gasteiger partial charge is 0.294 e. The summed E-state index contributed by atoms with van der Waals surface area (Å²) in [6, 6.07) is 9.29. The van der Waals surface area contributed by atoms with E-state index in [4.69, 9.17) is 0 Å². The van der Waals surface area contributed by atoms with Gasteiger partial charge in [-0.25, -0.2) is 4.21 Å². The van der Waals surface area contributed by atoms with Crippen LogP contribution in [0, 0.1) is 6.92 Å². The number of benzene rings is 1. The van der Waals surface area contributed by atoms with Gasteiger partial charge in [0.15, 0.2) is 5.78 Å². The topological polar surface area (TPSA) is 34.1 Å². The minimum absolute atomic E-state index is 0.0320. The predicted molar refractivity (Wildman–Crippen MR) is 70.2 cm³/mol. The maximum absolute atomic E-state index is 12.3. The summed E-state index contributed by atoms with van der Waals surface area (Å²) in [4.78, 5) is 13.3. The number of carbonyl (C=O) groups excluding carboxylic acids is 1. The van der Waals surface area contributed by atoms with Crippen LogP contribution in [0.1, 0.15) is 22.2 Å². The fraction of sp³-hybridized carbons (Fsp3) is 0.154. The molecule has 1 heterocycles. The summed E-state index contributed by atoms with van der Waals surface area (Å²) in [6.45, 7) is 3.49. The highest BCUT2D eigenvalue weighted by Gasteiger charge is 2.16. The average Bonchev–Trinajstić information content (AvgIpc) is 2.78. The highest BCUT2D eigenvalue weighted by Crippen LogP contribution is 2.25. The van der Waals surface area contributed by atoms with Crippen molar-refractivity contribution in [2.24, 2.45) is 0 Å². The number of hydrogen-bond acceptors (Lipinski definition) is 3. The van der Waals surface area contributed by atoms with Crippen LogP contribution in [0.25, 0.3) is 0 Å². The van der Waals surface area contributed by atoms with Gasteiger partial charge < -0.3 is 0 Å². The van der Waals surface area contributed by atoms with E-state index >= 15 is 0 Å². The Morgan fingerprint density at radius 2 is 1.82 bits per heavy atom. The molecule has 0 spiro atoms. The van der Waals surface area contributed by atoms with Crippen molar-refractivity contribution in [3.8, 4) is 0 Å². The van der Waals surface area contributed by atoms with E-state index in [1.807, 2.05) is 31.2 Å². The predicted octanol–water partition coefficient (Wildman–Crippen LogP) is 3.43. The van der Waals surface area contributed by atoms with Crippen molar-refractivity contribution in [1.82, 2.24) is 0 Å². The normalized spacial score (nSPS) is 12.4. The maximum Gasteiger partial charge on any atom is 0.170 e. The van der Waals surface area contributed by atoms with Gasteiger partial charge in [0.1, 0.15) is 0 Å². The first-order chi connectivity index (χ1) is 8.09. The molecule has 0 aliphatic heterocycles. The third-order valence-electron chi connectivity index (χ3n) is 2.38. The zero-order valence-corrected chi connectivity index (χ0v) is 11.2. The van der Waals surface area contributed by atoms with E-state index < -0.39 is 10.8 Å². The molecule has 88 valence electrons. The van der Waals surface area contributed by atoms with Crippen LogP contribution in [0.3, 0.4) is 0 Å². The van der Waals surface area contributed by atoms with Gasteiger partial charge in [-0.3, -0.25) is 4.79 Å². The summed E-state index contributed by atoms with van der Waals surface area (Å²) in [6.07, 6.45) is 0. The van der Waals surface area contributed by atoms with Gasteiger partial charge in [0.2, 0.25) is 0 Å². The smallest absolute Gasteiger partial charge is 0.170 e. The molecule has 17 heavy (non-hydrogen) atoms. The van der Waals surface area contributed by atoms with E-state index in [1.165, 1.54) is 18.3 Å². The van der Waals surface area contributed by atoms with Crippen molar-refractivity contribution in [3.63, 3.8) is 0 Å². The summed E-state index contributed by atoms with van der Waals surface area (Å²) >= 11 is 1.34. The Balaban J connectivity index is 2.40. The van der Waals surface area contributed by atoms with Crippen molar-refractivity contribution < 1.29 is 9.00 Å². The van der Waals surface area contributed by atoms with E-state index in [2.05, 4.69) is 0 Å². The van der Waals surface area contributed by atoms with Gasteiger partial charge in [-0.05, 0) is 37.4 Å². The molecule has 1 aromatic heterocycles. The Hall–Kier alpha value is -1.26. The van der Waals surface area contributed by atoms with Crippen LogP contribution in [0.2, 0.25) is 0 Å². The second-order valence-electron chi connectivity index (χ2n) is 3.75. The van der Waals surface area contributed by atoms with Crippen molar-refractivity contribution in [1.29, 1.82) is 0 Å². The number of hydrogen-bond donors (Lipinski definition) is 0. The Labute approximate surface area is 107 Å². The SMILES string of the molecule is CC(=O)c1sccc1[S@@](=O)c1ccc(C)cc1. The third-order valence-corrected chi connectivity index (χ3v) is 4.97. The van der Waals surface area contributed by atoms with Crippen LogP contribution >= 0.6 is 11.3 Å². The second-order valence-corrected chi connectivity index (χ2v) is 6.12. The molecule has 2 rings (SSSR count). The number of Topliss-reactive ketones (excluding diaryl/α,β-unsaturated/α-hetero) is 1. The van der Waals surface area contributed by atoms with Crippen LogP contribution in [-0.4, -0.2) is 9.99 Å². The first-order valence-electron chi connectivity index (χ1n) is 5.16. The molecule has 1 atom stereocenters. The minimum Gasteiger partial charge on any atom is -0.294 e. The summed E-state index contributed by atoms with van der Waals surface area (Å²) in [5.74, 6) is -0.0320. The third kappa shape index (κ3) is 2.53. The number of rotatable bonds is 3. The number of ketones is 1. The summed E-state index contributed by atoms with van der Waals surface area (Å²) in [5.41, 5.74) is 1.13. The van der Waals surface area contributed by atoms with Crippen molar-refractivity contribution >= 4 is 27.9 Å². The van der Waals surface area contributed by atoms with E-state index in [9.17, 15) is 9.00 Å². The summed E-state index contributed by atoms with van der Waals surface area (Å²) in [7, 11) is -1.27. The molecule has 2 nitrogen and oxygen atoms in total. The zero-order chi connectivity index (χ0) is 12.4. The number of aryl methyl sites for hydroxylation is 1. The highest BCUT2D eigenvalue weighted by atomic mass is 32.2. The average molecular weight is 264 g/mol. The lowest BCUT2D eigenvalue weighted by atomic mass is 10.2. The molecule has 0 N–H and O–H groups in total. The van der Waals surface area contributed by atoms with Gasteiger partial charge in [0, 0.05) is 4.90 Å². The Morgan fingerprint density at radius 3 is 2.41 bits per heavy atom. The van der Waals surface area contributed by atoms with Gasteiger partial charge in [0.05, 0.1) is 20.6 Å². The maximum atomic E-state index is 12.3. The van der Waals surface area contributed by atoms with Gasteiger partial charge in [0.25, 0.3) is 0 Å². The van der Waals surface area contributed by atoms with Gasteiger partial charge in [-0.2, -0.15) is 0 Å². The molecule has 0 saturated heterocycles. The molecule has 1 aromatic carbocycles. The van der Waals surface area contributed by atoms with Crippen LogP contribution in [0.15, 0.2) is 45.5 Å². The standard InChI is InChI=1S/C13H12O2S2/c1-9-3-5-11(6-4-9)17(15)12-7-8-16-13(12)10(2)14/h3-8H,1-2H3/t17-/m0/s1. The molecule has 0 saturated carbocycles. The zero-order valence-electron chi connectivity index (χ0n) is 9.60. The van der Waals surface area contributed by atoms with E-state index in [0.717, 1.165) is 10.5 Å². The van der Waals surface area contributed by atoms with Crippen LogP contribution in [0.4, 0.5) is 0 Å². The summed E-state index contributed by atoms with van der Waals surface area (Å²) in [5, 5.41) is 1.80. The Morgan fingerprint density at radius 1 is 1.18 bits per heavy atom. The van der Waals surface area contributed by atoms with Crippen molar-refractivity contribution in [2.45, 2.75) is 23.6 Å². The van der Waals surface area contributed by atoms with Crippen molar-refractivity contribution in [3.05, 3.63) is 46.2 Å². The van der Waals surface area contributed by atoms with Crippen LogP contribution in [-0.2, 0) is 10.8 Å². The quantitative estimate of drug-likeness (QED) is 0.796. The molecular weight excluding hydrogens is 252 g/mol. The lowest BCUT2D eigenvalue weighted by Gasteiger charge is -2.02. The van der Waals surface area contributed by atoms with E-state index in [0.29, 0.717) is 9.77 Å². The first kappa shape index (κ1) is 12.2. The molecule has 0 unspecified atom stereocenters. The molecule has 0 aliphatic rings. The van der Waals surface area contributed by atoms with Gasteiger partial charge >= 0.3 is 0 Å². The fourth-order valence-electron chi connectivity index (χ4n) is 1.49. The molecule has 2 aromatic rings. The summed E-state index contributed by atoms with van der Waals surface area (Å²) < 4.78 is 12.3. The Kier molecular flexibility index (Phi) is 3.54. The molecule has 0 bridgehead atoms. The molecule has 0 fully saturated rings. The molecular formula is C13H12O2S2. The second kappa shape index (κ2) is 4.94. The highest BCUT2D eigenvalue weighted by molar-refractivity contribution is 7.85. The van der Waals surface area contributed by atoms with E-state index in [1.54, 1.807) is 11.4 Å². The lowest BCUT2D eigenvalue weighted by molar-refractivity contribution is 0.101. The van der Waals surface area contributed by atoms with Gasteiger partial charge in [-0.15, -0.1) is 11.3 Å². The van der Waals surface area contributed by atoms with E-state index in [-0.39, 0.29) is 5.78 Å². The van der Waals surface area contributed by atoms with Crippen molar-refractivity contribution in [2.75, 3.05) is 0 Å². The fourth-order valence-corrected chi connectivity index (χ4v) is 3.78. The monoisotopic (exact) mass is 264 g/mol. The molecule has 0 amide bonds. The van der Waals surface area contributed by atoms with Crippen LogP contribution in [0.5, 0.6) is 0 Å².